The van der Waals surface area contributed by atoms with E-state index in [9.17, 15) is 0 Å². The average molecular weight is 583 g/mol. The van der Waals surface area contributed by atoms with Crippen LogP contribution in [-0.4, -0.2) is 0 Å². The third-order valence-electron chi connectivity index (χ3n) is 9.33. The zero-order chi connectivity index (χ0) is 31.1. The van der Waals surface area contributed by atoms with Gasteiger partial charge >= 0.3 is 0 Å². The van der Waals surface area contributed by atoms with Crippen molar-refractivity contribution in [3.8, 4) is 11.1 Å². The number of benzene rings is 7. The molecular formula is C44H38O. The predicted octanol–water partition coefficient (Wildman–Crippen LogP) is 12.5. The van der Waals surface area contributed by atoms with Crippen molar-refractivity contribution in [1.29, 1.82) is 0 Å². The van der Waals surface area contributed by atoms with Gasteiger partial charge in [-0.15, -0.1) is 0 Å². The van der Waals surface area contributed by atoms with E-state index in [-0.39, 0.29) is 5.41 Å². The van der Waals surface area contributed by atoms with Crippen molar-refractivity contribution in [2.45, 2.75) is 40.0 Å². The molecule has 0 radical (unpaired) electrons. The fourth-order valence-corrected chi connectivity index (χ4v) is 7.00. The largest absolute Gasteiger partial charge is 0.456 e. The molecule has 0 N–H and O–H groups in total. The molecule has 1 aromatic heterocycles. The zero-order valence-electron chi connectivity index (χ0n) is 26.7. The Labute approximate surface area is 265 Å². The van der Waals surface area contributed by atoms with E-state index < -0.39 is 0 Å². The molecule has 0 unspecified atom stereocenters. The first kappa shape index (κ1) is 28.6. The molecule has 0 aliphatic heterocycles. The lowest BCUT2D eigenvalue weighted by Gasteiger charge is -2.21. The normalized spacial score (nSPS) is 12.7. The van der Waals surface area contributed by atoms with E-state index in [2.05, 4.69) is 144 Å². The lowest BCUT2D eigenvalue weighted by atomic mass is 9.82. The lowest BCUT2D eigenvalue weighted by Crippen LogP contribution is -2.14. The topological polar surface area (TPSA) is 13.1 Å². The molecule has 0 fully saturated rings. The molecule has 45 heavy (non-hydrogen) atoms. The second kappa shape index (κ2) is 11.4. The third-order valence-corrected chi connectivity index (χ3v) is 9.33. The van der Waals surface area contributed by atoms with Gasteiger partial charge in [0.15, 0.2) is 0 Å². The van der Waals surface area contributed by atoms with E-state index in [4.69, 9.17) is 4.42 Å². The van der Waals surface area contributed by atoms with Crippen molar-refractivity contribution in [1.82, 2.24) is 0 Å². The summed E-state index contributed by atoms with van der Waals surface area (Å²) in [6.07, 6.45) is 0. The maximum Gasteiger partial charge on any atom is 0.135 e. The van der Waals surface area contributed by atoms with Crippen LogP contribution in [0.1, 0.15) is 41.7 Å². The molecule has 0 amide bonds. The lowest BCUT2D eigenvalue weighted by molar-refractivity contribution is 0.660. The molecule has 1 heterocycles. The number of rotatable bonds is 0. The highest BCUT2D eigenvalue weighted by Gasteiger charge is 2.35. The summed E-state index contributed by atoms with van der Waals surface area (Å²) >= 11 is 0. The Hall–Kier alpha value is -5.14. The first-order chi connectivity index (χ1) is 21.8. The first-order valence-corrected chi connectivity index (χ1v) is 15.8. The van der Waals surface area contributed by atoms with Gasteiger partial charge < -0.3 is 4.42 Å². The predicted molar refractivity (Wildman–Crippen MR) is 193 cm³/mol. The van der Waals surface area contributed by atoms with Gasteiger partial charge in [-0.05, 0) is 87.8 Å². The quantitative estimate of drug-likeness (QED) is 0.162. The molecule has 0 saturated heterocycles. The number of para-hydroxylation sites is 1. The number of fused-ring (bicyclic) bond motifs is 9. The van der Waals surface area contributed by atoms with Crippen LogP contribution in [0.4, 0.5) is 0 Å². The Morgan fingerprint density at radius 3 is 1.91 bits per heavy atom. The summed E-state index contributed by atoms with van der Waals surface area (Å²) in [6.45, 7) is 11.1. The Balaban J connectivity index is 0.000000109. The summed E-state index contributed by atoms with van der Waals surface area (Å²) < 4.78 is 5.73. The molecule has 220 valence electrons. The van der Waals surface area contributed by atoms with Crippen molar-refractivity contribution >= 4 is 43.5 Å². The van der Waals surface area contributed by atoms with E-state index in [1.165, 1.54) is 71.3 Å². The van der Waals surface area contributed by atoms with Gasteiger partial charge in [0.05, 0.1) is 0 Å². The van der Waals surface area contributed by atoms with Crippen LogP contribution < -0.4 is 0 Å². The zero-order valence-corrected chi connectivity index (χ0v) is 26.7. The SMILES string of the molecule is Cc1ccc2ccc3ccccc3c2c1.Cc1cccc2c1-c1ccccc1C2(C)C.Cc1cccc2oc3ccccc3c12. The molecule has 7 aromatic carbocycles. The van der Waals surface area contributed by atoms with E-state index in [1.54, 1.807) is 0 Å². The average Bonchev–Trinajstić information content (AvgIpc) is 3.56. The number of hydrogen-bond donors (Lipinski definition) is 0. The van der Waals surface area contributed by atoms with E-state index in [0.29, 0.717) is 0 Å². The Morgan fingerprint density at radius 2 is 1.07 bits per heavy atom. The molecule has 1 heteroatoms. The summed E-state index contributed by atoms with van der Waals surface area (Å²) in [5.41, 5.74) is 11.9. The summed E-state index contributed by atoms with van der Waals surface area (Å²) in [5.74, 6) is 0. The summed E-state index contributed by atoms with van der Waals surface area (Å²) in [4.78, 5) is 0. The monoisotopic (exact) mass is 582 g/mol. The van der Waals surface area contributed by atoms with Crippen LogP contribution in [0.25, 0.3) is 54.6 Å². The van der Waals surface area contributed by atoms with Crippen LogP contribution >= 0.6 is 0 Å². The number of furan rings is 1. The molecule has 1 nitrogen and oxygen atoms in total. The van der Waals surface area contributed by atoms with Gasteiger partial charge in [0.25, 0.3) is 0 Å². The van der Waals surface area contributed by atoms with Gasteiger partial charge in [-0.2, -0.15) is 0 Å². The molecule has 0 saturated carbocycles. The van der Waals surface area contributed by atoms with Gasteiger partial charge in [-0.25, -0.2) is 0 Å². The molecule has 0 atom stereocenters. The van der Waals surface area contributed by atoms with Gasteiger partial charge in [0.1, 0.15) is 11.2 Å². The minimum absolute atomic E-state index is 0.151. The summed E-state index contributed by atoms with van der Waals surface area (Å²) in [5, 5.41) is 7.78. The van der Waals surface area contributed by atoms with Gasteiger partial charge in [0.2, 0.25) is 0 Å². The number of aryl methyl sites for hydroxylation is 3. The summed E-state index contributed by atoms with van der Waals surface area (Å²) in [7, 11) is 0. The third kappa shape index (κ3) is 5.09. The van der Waals surface area contributed by atoms with Crippen molar-refractivity contribution in [3.63, 3.8) is 0 Å². The van der Waals surface area contributed by atoms with Crippen LogP contribution in [0.3, 0.4) is 0 Å². The maximum atomic E-state index is 5.73. The Kier molecular flexibility index (Phi) is 7.26. The Morgan fingerprint density at radius 1 is 0.467 bits per heavy atom. The number of hydrogen-bond acceptors (Lipinski definition) is 1. The standard InChI is InChI=1S/C16H16.C15H12.C13H10O/c1-11-7-6-10-14-15(11)12-8-4-5-9-13(12)16(14,2)3;1-11-6-7-13-9-8-12-4-2-3-5-14(12)15(13)10-11;1-9-5-4-8-12-13(9)10-6-2-3-7-11(10)14-12/h4-10H,1-3H3;2-10H,1H3;2-8H,1H3. The van der Waals surface area contributed by atoms with Crippen LogP contribution in [-0.2, 0) is 5.41 Å². The molecular weight excluding hydrogens is 544 g/mol. The maximum absolute atomic E-state index is 5.73. The fraction of sp³-hybridized carbons (Fsp3) is 0.136. The second-order valence-corrected chi connectivity index (χ2v) is 12.7. The minimum atomic E-state index is 0.151. The van der Waals surface area contributed by atoms with E-state index >= 15 is 0 Å². The van der Waals surface area contributed by atoms with Crippen LogP contribution in [0.2, 0.25) is 0 Å². The van der Waals surface area contributed by atoms with Crippen molar-refractivity contribution in [2.24, 2.45) is 0 Å². The minimum Gasteiger partial charge on any atom is -0.456 e. The second-order valence-electron chi connectivity index (χ2n) is 12.7. The van der Waals surface area contributed by atoms with Gasteiger partial charge in [0, 0.05) is 16.2 Å². The molecule has 9 rings (SSSR count). The van der Waals surface area contributed by atoms with Crippen LogP contribution in [0.15, 0.2) is 144 Å². The smallest absolute Gasteiger partial charge is 0.135 e. The van der Waals surface area contributed by atoms with E-state index in [0.717, 1.165) is 11.2 Å². The van der Waals surface area contributed by atoms with Gasteiger partial charge in [-0.3, -0.25) is 0 Å². The molecule has 1 aliphatic carbocycles. The highest BCUT2D eigenvalue weighted by Crippen LogP contribution is 2.49. The fourth-order valence-electron chi connectivity index (χ4n) is 7.00. The van der Waals surface area contributed by atoms with Crippen LogP contribution in [0.5, 0.6) is 0 Å². The van der Waals surface area contributed by atoms with Crippen molar-refractivity contribution in [2.75, 3.05) is 0 Å². The molecule has 0 spiro atoms. The first-order valence-electron chi connectivity index (χ1n) is 15.8. The van der Waals surface area contributed by atoms with Crippen LogP contribution in [0, 0.1) is 20.8 Å². The highest BCUT2D eigenvalue weighted by molar-refractivity contribution is 6.08. The molecule has 8 aromatic rings. The van der Waals surface area contributed by atoms with Crippen molar-refractivity contribution < 1.29 is 4.42 Å². The highest BCUT2D eigenvalue weighted by atomic mass is 16.3. The molecule has 0 bridgehead atoms. The Bertz CT molecular complexity index is 2330. The molecule has 1 aliphatic rings. The van der Waals surface area contributed by atoms with Gasteiger partial charge in [-0.1, -0.05) is 147 Å². The van der Waals surface area contributed by atoms with E-state index in [1.807, 2.05) is 30.3 Å². The summed E-state index contributed by atoms with van der Waals surface area (Å²) in [6, 6.07) is 49.3. The van der Waals surface area contributed by atoms with Crippen molar-refractivity contribution in [3.05, 3.63) is 167 Å².